The van der Waals surface area contributed by atoms with Gasteiger partial charge in [0.25, 0.3) is 0 Å². The largest absolute Gasteiger partial charge is 0.469 e. The van der Waals surface area contributed by atoms with E-state index in [1.165, 1.54) is 20.4 Å². The third-order valence-electron chi connectivity index (χ3n) is 1.67. The van der Waals surface area contributed by atoms with E-state index >= 15 is 0 Å². The van der Waals surface area contributed by atoms with Crippen LogP contribution in [0.3, 0.4) is 0 Å². The van der Waals surface area contributed by atoms with E-state index in [1.54, 1.807) is 0 Å². The van der Waals surface area contributed by atoms with E-state index in [2.05, 4.69) is 19.7 Å². The number of aromatic amines is 1. The molecule has 6 nitrogen and oxygen atoms in total. The van der Waals surface area contributed by atoms with Gasteiger partial charge in [-0.15, -0.1) is 0 Å². The molecule has 6 heteroatoms. The van der Waals surface area contributed by atoms with E-state index in [4.69, 9.17) is 0 Å². The van der Waals surface area contributed by atoms with Crippen LogP contribution >= 0.6 is 0 Å². The van der Waals surface area contributed by atoms with Crippen molar-refractivity contribution in [1.29, 1.82) is 0 Å². The molecule has 1 aromatic rings. The Morgan fingerprint density at radius 2 is 1.94 bits per heavy atom. The Bertz CT molecular complexity index is 346. The second-order valence-electron chi connectivity index (χ2n) is 2.51. The van der Waals surface area contributed by atoms with Crippen LogP contribution in [0.4, 0.5) is 0 Å². The van der Waals surface area contributed by atoms with Crippen LogP contribution in [-0.2, 0) is 20.7 Å². The van der Waals surface area contributed by atoms with E-state index in [9.17, 15) is 9.59 Å². The van der Waals surface area contributed by atoms with Crippen LogP contribution in [0.25, 0.3) is 0 Å². The SMILES string of the molecule is CC.COC(=O)Cc1cn[nH]c1C(=O)OC. The molecule has 0 radical (unpaired) electrons. The highest BCUT2D eigenvalue weighted by Crippen LogP contribution is 2.07. The number of aromatic nitrogens is 2. The molecule has 0 unspecified atom stereocenters. The lowest BCUT2D eigenvalue weighted by molar-refractivity contribution is -0.139. The predicted octanol–water partition coefficient (Wildman–Crippen LogP) is 0.938. The van der Waals surface area contributed by atoms with Crippen molar-refractivity contribution in [2.24, 2.45) is 0 Å². The van der Waals surface area contributed by atoms with Gasteiger partial charge in [0.15, 0.2) is 0 Å². The highest BCUT2D eigenvalue weighted by molar-refractivity contribution is 5.90. The van der Waals surface area contributed by atoms with Gasteiger partial charge in [-0.05, 0) is 0 Å². The highest BCUT2D eigenvalue weighted by Gasteiger charge is 2.16. The number of hydrogen-bond acceptors (Lipinski definition) is 5. The minimum absolute atomic E-state index is 0.00255. The van der Waals surface area contributed by atoms with Crippen molar-refractivity contribution >= 4 is 11.9 Å². The van der Waals surface area contributed by atoms with E-state index in [-0.39, 0.29) is 12.1 Å². The third-order valence-corrected chi connectivity index (χ3v) is 1.67. The topological polar surface area (TPSA) is 81.3 Å². The zero-order valence-corrected chi connectivity index (χ0v) is 9.86. The third kappa shape index (κ3) is 3.72. The number of carbonyl (C=O) groups excluding carboxylic acids is 2. The lowest BCUT2D eigenvalue weighted by Gasteiger charge is -1.99. The number of methoxy groups -OCH3 is 2. The van der Waals surface area contributed by atoms with Crippen molar-refractivity contribution < 1.29 is 19.1 Å². The molecule has 1 rings (SSSR count). The molecule has 1 N–H and O–H groups in total. The van der Waals surface area contributed by atoms with Gasteiger partial charge in [0.2, 0.25) is 0 Å². The molecule has 16 heavy (non-hydrogen) atoms. The first-order chi connectivity index (χ1) is 7.69. The standard InChI is InChI=1S/C8H10N2O4.C2H6/c1-13-6(11)3-5-4-9-10-7(5)8(12)14-2;1-2/h4H,3H2,1-2H3,(H,9,10);1-2H3. The Labute approximate surface area is 93.9 Å². The summed E-state index contributed by atoms with van der Waals surface area (Å²) in [5.41, 5.74) is 0.640. The van der Waals surface area contributed by atoms with Gasteiger partial charge in [0.05, 0.1) is 26.8 Å². The second-order valence-corrected chi connectivity index (χ2v) is 2.51. The molecule has 0 atom stereocenters. The van der Waals surface area contributed by atoms with Crippen molar-refractivity contribution in [2.45, 2.75) is 20.3 Å². The zero-order chi connectivity index (χ0) is 12.6. The molecule has 0 amide bonds. The maximum Gasteiger partial charge on any atom is 0.356 e. The Balaban J connectivity index is 0.00000106. The smallest absolute Gasteiger partial charge is 0.356 e. The number of rotatable bonds is 3. The Hall–Kier alpha value is -1.85. The summed E-state index contributed by atoms with van der Waals surface area (Å²) in [4.78, 5) is 22.0. The first-order valence-electron chi connectivity index (χ1n) is 4.86. The van der Waals surface area contributed by atoms with Gasteiger partial charge in [-0.25, -0.2) is 4.79 Å². The van der Waals surface area contributed by atoms with Gasteiger partial charge >= 0.3 is 11.9 Å². The average Bonchev–Trinajstić information content (AvgIpc) is 2.78. The fourth-order valence-corrected chi connectivity index (χ4v) is 0.952. The van der Waals surface area contributed by atoms with Gasteiger partial charge in [0, 0.05) is 5.56 Å². The fraction of sp³-hybridized carbons (Fsp3) is 0.500. The van der Waals surface area contributed by atoms with Crippen LogP contribution in [0.5, 0.6) is 0 Å². The molecule has 0 aromatic carbocycles. The summed E-state index contributed by atoms with van der Waals surface area (Å²) in [7, 11) is 2.53. The van der Waals surface area contributed by atoms with Crippen molar-refractivity contribution in [1.82, 2.24) is 10.2 Å². The molecule has 0 spiro atoms. The Morgan fingerprint density at radius 1 is 1.31 bits per heavy atom. The van der Waals surface area contributed by atoms with Crippen molar-refractivity contribution in [3.8, 4) is 0 Å². The Morgan fingerprint density at radius 3 is 2.44 bits per heavy atom. The lowest BCUT2D eigenvalue weighted by atomic mass is 10.2. The summed E-state index contributed by atoms with van der Waals surface area (Å²) in [6, 6.07) is 0. The maximum absolute atomic E-state index is 11.1. The van der Waals surface area contributed by atoms with Gasteiger partial charge in [0.1, 0.15) is 5.69 Å². The molecular formula is C10H16N2O4. The predicted molar refractivity (Wildman–Crippen MR) is 57.0 cm³/mol. The average molecular weight is 228 g/mol. The van der Waals surface area contributed by atoms with E-state index in [0.29, 0.717) is 5.56 Å². The van der Waals surface area contributed by atoms with Gasteiger partial charge in [-0.2, -0.15) is 5.10 Å². The quantitative estimate of drug-likeness (QED) is 0.778. The van der Waals surface area contributed by atoms with Crippen molar-refractivity contribution in [3.63, 3.8) is 0 Å². The van der Waals surface area contributed by atoms with E-state index in [1.807, 2.05) is 13.8 Å². The summed E-state index contributed by atoms with van der Waals surface area (Å²) in [6.45, 7) is 4.00. The molecule has 0 saturated heterocycles. The number of hydrogen-bond donors (Lipinski definition) is 1. The molecule has 0 aliphatic carbocycles. The van der Waals surface area contributed by atoms with Gasteiger partial charge < -0.3 is 9.47 Å². The molecule has 0 aliphatic heterocycles. The highest BCUT2D eigenvalue weighted by atomic mass is 16.5. The van der Waals surface area contributed by atoms with E-state index in [0.717, 1.165) is 0 Å². The first kappa shape index (κ1) is 14.2. The van der Waals surface area contributed by atoms with Crippen LogP contribution < -0.4 is 0 Å². The van der Waals surface area contributed by atoms with E-state index < -0.39 is 11.9 Å². The monoisotopic (exact) mass is 228 g/mol. The molecule has 1 aromatic heterocycles. The molecule has 1 heterocycles. The minimum atomic E-state index is -0.554. The summed E-state index contributed by atoms with van der Waals surface area (Å²) in [5.74, 6) is -0.988. The summed E-state index contributed by atoms with van der Waals surface area (Å²) in [6.07, 6.45) is 1.39. The number of nitrogens with one attached hydrogen (secondary N) is 1. The van der Waals surface area contributed by atoms with Crippen LogP contribution in [-0.4, -0.2) is 36.4 Å². The number of carbonyl (C=O) groups is 2. The van der Waals surface area contributed by atoms with Crippen molar-refractivity contribution in [2.75, 3.05) is 14.2 Å². The summed E-state index contributed by atoms with van der Waals surface area (Å²) in [5, 5.41) is 6.10. The Kier molecular flexibility index (Phi) is 6.58. The summed E-state index contributed by atoms with van der Waals surface area (Å²) >= 11 is 0. The van der Waals surface area contributed by atoms with Crippen LogP contribution in [0.2, 0.25) is 0 Å². The number of nitrogens with zero attached hydrogens (tertiary/aromatic N) is 1. The van der Waals surface area contributed by atoms with Crippen LogP contribution in [0.1, 0.15) is 29.9 Å². The molecule has 0 bridgehead atoms. The maximum atomic E-state index is 11.1. The molecule has 90 valence electrons. The molecule has 0 saturated carbocycles. The second kappa shape index (κ2) is 7.44. The number of ether oxygens (including phenoxy) is 2. The summed E-state index contributed by atoms with van der Waals surface area (Å²) < 4.78 is 8.95. The van der Waals surface area contributed by atoms with Crippen molar-refractivity contribution in [3.05, 3.63) is 17.5 Å². The normalized spacial score (nSPS) is 8.75. The molecular weight excluding hydrogens is 212 g/mol. The first-order valence-corrected chi connectivity index (χ1v) is 4.86. The van der Waals surface area contributed by atoms with Crippen LogP contribution in [0, 0.1) is 0 Å². The molecule has 0 fully saturated rings. The zero-order valence-electron chi connectivity index (χ0n) is 9.86. The molecule has 0 aliphatic rings. The minimum Gasteiger partial charge on any atom is -0.469 e. The van der Waals surface area contributed by atoms with Gasteiger partial charge in [-0.3, -0.25) is 9.89 Å². The number of H-pyrrole nitrogens is 1. The van der Waals surface area contributed by atoms with Crippen LogP contribution in [0.15, 0.2) is 6.20 Å². The fourth-order valence-electron chi connectivity index (χ4n) is 0.952. The van der Waals surface area contributed by atoms with Gasteiger partial charge in [-0.1, -0.05) is 13.8 Å². The lowest BCUT2D eigenvalue weighted by Crippen LogP contribution is -2.10. The number of esters is 2.